The van der Waals surface area contributed by atoms with Gasteiger partial charge in [0.25, 0.3) is 0 Å². The van der Waals surface area contributed by atoms with Gasteiger partial charge in [0.2, 0.25) is 0 Å². The minimum absolute atomic E-state index is 0.0635. The number of hydrogen-bond donors (Lipinski definition) is 2. The molecule has 1 aliphatic rings. The van der Waals surface area contributed by atoms with Crippen LogP contribution in [-0.4, -0.2) is 34.4 Å². The lowest BCUT2D eigenvalue weighted by Gasteiger charge is -2.32. The molecule has 28 heavy (non-hydrogen) atoms. The number of carbonyl (C=O) groups excluding carboxylic acids is 1. The number of Topliss-reactive ketones (excluding diaryl/α,β-unsaturated/α-hetero) is 1. The van der Waals surface area contributed by atoms with Crippen molar-refractivity contribution in [3.8, 4) is 0 Å². The number of rotatable bonds is 5. The number of carbonyl (C=O) groups is 1. The summed E-state index contributed by atoms with van der Waals surface area (Å²) in [5.41, 5.74) is 1.75. The first-order valence-electron chi connectivity index (χ1n) is 9.94. The summed E-state index contributed by atoms with van der Waals surface area (Å²) in [6.45, 7) is 5.98. The molecule has 148 valence electrons. The second-order valence-corrected chi connectivity index (χ2v) is 8.40. The van der Waals surface area contributed by atoms with E-state index in [1.165, 1.54) is 0 Å². The molecule has 3 rings (SSSR count). The Morgan fingerprint density at radius 2 is 1.86 bits per heavy atom. The van der Waals surface area contributed by atoms with Crippen LogP contribution in [0, 0.1) is 5.41 Å². The van der Waals surface area contributed by atoms with Crippen molar-refractivity contribution in [3.05, 3.63) is 59.4 Å². The largest absolute Gasteiger partial charge is 0.511 e. The topological polar surface area (TPSA) is 69.9 Å². The minimum atomic E-state index is -0.253. The van der Waals surface area contributed by atoms with Crippen LogP contribution in [0.2, 0.25) is 0 Å². The molecule has 2 aromatic carbocycles. The normalized spacial score (nSPS) is 21.1. The van der Waals surface area contributed by atoms with Crippen LogP contribution in [0.3, 0.4) is 0 Å². The SMILES string of the molecule is CCC(CO)N=C1CC(C)(C)CC(=O)/C1=C(/O)Cc1cccc2ccccc12. The molecule has 1 saturated carbocycles. The molecule has 0 radical (unpaired) electrons. The molecule has 2 N–H and O–H groups in total. The molecule has 1 aliphatic carbocycles. The Labute approximate surface area is 166 Å². The molecule has 2 aromatic rings. The molecule has 1 unspecified atom stereocenters. The van der Waals surface area contributed by atoms with Gasteiger partial charge in [-0.05, 0) is 34.6 Å². The fourth-order valence-electron chi connectivity index (χ4n) is 3.92. The second kappa shape index (κ2) is 8.27. The van der Waals surface area contributed by atoms with Gasteiger partial charge in [-0.2, -0.15) is 0 Å². The lowest BCUT2D eigenvalue weighted by Crippen LogP contribution is -2.34. The van der Waals surface area contributed by atoms with Crippen molar-refractivity contribution in [1.82, 2.24) is 0 Å². The minimum Gasteiger partial charge on any atom is -0.511 e. The Hall–Kier alpha value is -2.46. The molecule has 0 amide bonds. The monoisotopic (exact) mass is 379 g/mol. The number of aliphatic hydroxyl groups excluding tert-OH is 2. The second-order valence-electron chi connectivity index (χ2n) is 8.40. The molecule has 0 saturated heterocycles. The molecule has 0 aromatic heterocycles. The molecule has 4 heteroatoms. The summed E-state index contributed by atoms with van der Waals surface area (Å²) in [5.74, 6) is 0.00363. The molecule has 0 heterocycles. The average Bonchev–Trinajstić information content (AvgIpc) is 2.65. The third-order valence-corrected chi connectivity index (χ3v) is 5.40. The highest BCUT2D eigenvalue weighted by atomic mass is 16.3. The molecule has 0 spiro atoms. The number of ketones is 1. The number of aliphatic imine (C=N–C) groups is 1. The van der Waals surface area contributed by atoms with Gasteiger partial charge in [-0.3, -0.25) is 9.79 Å². The maximum Gasteiger partial charge on any atom is 0.168 e. The summed E-state index contributed by atoms with van der Waals surface area (Å²) >= 11 is 0. The van der Waals surface area contributed by atoms with Gasteiger partial charge in [-0.1, -0.05) is 63.2 Å². The fourth-order valence-corrected chi connectivity index (χ4v) is 3.92. The van der Waals surface area contributed by atoms with Crippen LogP contribution in [0.25, 0.3) is 10.8 Å². The van der Waals surface area contributed by atoms with Gasteiger partial charge in [0, 0.05) is 18.6 Å². The molecule has 4 nitrogen and oxygen atoms in total. The Morgan fingerprint density at radius 3 is 2.57 bits per heavy atom. The van der Waals surface area contributed by atoms with E-state index >= 15 is 0 Å². The van der Waals surface area contributed by atoms with Crippen molar-refractivity contribution in [2.24, 2.45) is 10.4 Å². The van der Waals surface area contributed by atoms with Crippen LogP contribution < -0.4 is 0 Å². The van der Waals surface area contributed by atoms with Crippen LogP contribution in [0.15, 0.2) is 58.8 Å². The van der Waals surface area contributed by atoms with Crippen LogP contribution >= 0.6 is 0 Å². The van der Waals surface area contributed by atoms with E-state index in [-0.39, 0.29) is 36.0 Å². The van der Waals surface area contributed by atoms with E-state index in [2.05, 4.69) is 4.99 Å². The zero-order valence-electron chi connectivity index (χ0n) is 16.9. The number of benzene rings is 2. The van der Waals surface area contributed by atoms with Crippen LogP contribution in [-0.2, 0) is 11.2 Å². The lowest BCUT2D eigenvalue weighted by molar-refractivity contribution is -0.117. The van der Waals surface area contributed by atoms with Crippen molar-refractivity contribution >= 4 is 22.3 Å². The van der Waals surface area contributed by atoms with Gasteiger partial charge >= 0.3 is 0 Å². The molecule has 1 fully saturated rings. The van der Waals surface area contributed by atoms with Crippen molar-refractivity contribution in [3.63, 3.8) is 0 Å². The summed E-state index contributed by atoms with van der Waals surface area (Å²) in [6, 6.07) is 13.8. The smallest absolute Gasteiger partial charge is 0.168 e. The standard InChI is InChI=1S/C24H29NO3/c1-4-18(15-26)25-20-13-24(2,3)14-22(28)23(20)21(27)12-17-10-7-9-16-8-5-6-11-19(16)17/h5-11,18,26-27H,4,12-15H2,1-3H3/b23-21+,25-20?. The van der Waals surface area contributed by atoms with Crippen molar-refractivity contribution < 1.29 is 15.0 Å². The molecule has 1 atom stereocenters. The molecular formula is C24H29NO3. The van der Waals surface area contributed by atoms with Crippen molar-refractivity contribution in [2.75, 3.05) is 6.61 Å². The summed E-state index contributed by atoms with van der Waals surface area (Å²) in [5, 5.41) is 22.7. The number of allylic oxidation sites excluding steroid dienone is 2. The van der Waals surface area contributed by atoms with Gasteiger partial charge in [-0.25, -0.2) is 0 Å². The zero-order chi connectivity index (χ0) is 20.3. The summed E-state index contributed by atoms with van der Waals surface area (Å²) in [6.07, 6.45) is 1.98. The highest BCUT2D eigenvalue weighted by molar-refractivity contribution is 6.24. The van der Waals surface area contributed by atoms with Gasteiger partial charge in [0.1, 0.15) is 5.76 Å². The Kier molecular flexibility index (Phi) is 5.99. The van der Waals surface area contributed by atoms with Crippen LogP contribution in [0.4, 0.5) is 0 Å². The quantitative estimate of drug-likeness (QED) is 0.579. The predicted molar refractivity (Wildman–Crippen MR) is 114 cm³/mol. The van der Waals surface area contributed by atoms with Crippen LogP contribution in [0.5, 0.6) is 0 Å². The van der Waals surface area contributed by atoms with Crippen LogP contribution in [0.1, 0.15) is 45.6 Å². The number of aliphatic hydroxyl groups is 2. The van der Waals surface area contributed by atoms with Gasteiger partial charge in [0.15, 0.2) is 5.78 Å². The van der Waals surface area contributed by atoms with E-state index in [4.69, 9.17) is 0 Å². The summed E-state index contributed by atoms with van der Waals surface area (Å²) in [7, 11) is 0. The number of nitrogens with zero attached hydrogens (tertiary/aromatic N) is 1. The van der Waals surface area contributed by atoms with E-state index < -0.39 is 0 Å². The predicted octanol–water partition coefficient (Wildman–Crippen LogP) is 4.80. The Balaban J connectivity index is 2.05. The highest BCUT2D eigenvalue weighted by Crippen LogP contribution is 2.36. The maximum atomic E-state index is 12.9. The summed E-state index contributed by atoms with van der Waals surface area (Å²) < 4.78 is 0. The van der Waals surface area contributed by atoms with E-state index in [0.717, 1.165) is 16.3 Å². The third-order valence-electron chi connectivity index (χ3n) is 5.40. The first kappa shape index (κ1) is 20.3. The first-order chi connectivity index (χ1) is 13.3. The van der Waals surface area contributed by atoms with Gasteiger partial charge in [-0.15, -0.1) is 0 Å². The van der Waals surface area contributed by atoms with Crippen molar-refractivity contribution in [1.29, 1.82) is 0 Å². The zero-order valence-corrected chi connectivity index (χ0v) is 16.9. The van der Waals surface area contributed by atoms with Gasteiger partial charge in [0.05, 0.1) is 18.2 Å². The maximum absolute atomic E-state index is 12.9. The molecule has 0 aliphatic heterocycles. The average molecular weight is 380 g/mol. The van der Waals surface area contributed by atoms with E-state index in [0.29, 0.717) is 30.5 Å². The molecular weight excluding hydrogens is 350 g/mol. The Bertz CT molecular complexity index is 931. The van der Waals surface area contributed by atoms with E-state index in [9.17, 15) is 15.0 Å². The van der Waals surface area contributed by atoms with E-state index in [1.807, 2.05) is 63.2 Å². The summed E-state index contributed by atoms with van der Waals surface area (Å²) in [4.78, 5) is 17.6. The number of hydrogen-bond acceptors (Lipinski definition) is 4. The van der Waals surface area contributed by atoms with Gasteiger partial charge < -0.3 is 10.2 Å². The highest BCUT2D eigenvalue weighted by Gasteiger charge is 2.36. The van der Waals surface area contributed by atoms with Crippen molar-refractivity contribution in [2.45, 2.75) is 52.5 Å². The Morgan fingerprint density at radius 1 is 1.14 bits per heavy atom. The number of fused-ring (bicyclic) bond motifs is 1. The third kappa shape index (κ3) is 4.33. The fraction of sp³-hybridized carbons (Fsp3) is 0.417. The lowest BCUT2D eigenvalue weighted by atomic mass is 9.73. The van der Waals surface area contributed by atoms with E-state index in [1.54, 1.807) is 0 Å². The molecule has 0 bridgehead atoms. The first-order valence-corrected chi connectivity index (χ1v) is 9.94.